The van der Waals surface area contributed by atoms with E-state index in [9.17, 15) is 9.59 Å². The Morgan fingerprint density at radius 3 is 2.68 bits per heavy atom. The van der Waals surface area contributed by atoms with E-state index < -0.39 is 5.97 Å². The van der Waals surface area contributed by atoms with Crippen LogP contribution in [0.5, 0.6) is 0 Å². The molecule has 1 unspecified atom stereocenters. The van der Waals surface area contributed by atoms with E-state index in [4.69, 9.17) is 9.84 Å². The lowest BCUT2D eigenvalue weighted by Crippen LogP contribution is -2.41. The number of ether oxygens (including phenoxy) is 1. The molecule has 0 aromatic heterocycles. The number of hydrogen-bond acceptors (Lipinski definition) is 3. The Bertz CT molecular complexity index is 564. The van der Waals surface area contributed by atoms with Gasteiger partial charge in [0, 0.05) is 13.1 Å². The van der Waals surface area contributed by atoms with Gasteiger partial charge in [0.1, 0.15) is 0 Å². The smallest absolute Gasteiger partial charge is 0.306 e. The van der Waals surface area contributed by atoms with Crippen LogP contribution in [0.25, 0.3) is 0 Å². The maximum absolute atomic E-state index is 12.5. The van der Waals surface area contributed by atoms with Crippen molar-refractivity contribution in [3.8, 4) is 0 Å². The second-order valence-corrected chi connectivity index (χ2v) is 6.01. The first-order valence-electron chi connectivity index (χ1n) is 7.85. The van der Waals surface area contributed by atoms with Crippen LogP contribution in [0.15, 0.2) is 24.3 Å². The average Bonchev–Trinajstić information content (AvgIpc) is 2.55. The molecule has 1 aromatic carbocycles. The summed E-state index contributed by atoms with van der Waals surface area (Å²) in [4.78, 5) is 25.2. The van der Waals surface area contributed by atoms with Gasteiger partial charge in [-0.1, -0.05) is 24.3 Å². The lowest BCUT2D eigenvalue weighted by molar-refractivity contribution is -0.146. The predicted molar refractivity (Wildman–Crippen MR) is 80.4 cm³/mol. The highest BCUT2D eigenvalue weighted by atomic mass is 16.5. The maximum Gasteiger partial charge on any atom is 0.306 e. The molecule has 3 rings (SSSR count). The SMILES string of the molecule is O=C(O)C1CCN(C(=O)CC2OCCc3ccccc32)CC1. The zero-order valence-electron chi connectivity index (χ0n) is 12.5. The average molecular weight is 303 g/mol. The number of aliphatic carboxylic acids is 1. The third kappa shape index (κ3) is 3.14. The number of carboxylic acids is 1. The van der Waals surface area contributed by atoms with Gasteiger partial charge in [-0.25, -0.2) is 0 Å². The Morgan fingerprint density at radius 2 is 1.95 bits per heavy atom. The zero-order chi connectivity index (χ0) is 15.5. The summed E-state index contributed by atoms with van der Waals surface area (Å²) in [6.07, 6.45) is 2.15. The van der Waals surface area contributed by atoms with Crippen molar-refractivity contribution in [2.75, 3.05) is 19.7 Å². The van der Waals surface area contributed by atoms with E-state index >= 15 is 0 Å². The number of likely N-dealkylation sites (tertiary alicyclic amines) is 1. The van der Waals surface area contributed by atoms with E-state index in [2.05, 4.69) is 6.07 Å². The lowest BCUT2D eigenvalue weighted by atomic mass is 9.94. The van der Waals surface area contributed by atoms with E-state index in [-0.39, 0.29) is 17.9 Å². The first-order chi connectivity index (χ1) is 10.6. The van der Waals surface area contributed by atoms with Gasteiger partial charge in [-0.3, -0.25) is 9.59 Å². The standard InChI is InChI=1S/C17H21NO4/c19-16(18-8-5-13(6-9-18)17(20)21)11-15-14-4-2-1-3-12(14)7-10-22-15/h1-4,13,15H,5-11H2,(H,20,21). The Balaban J connectivity index is 1.60. The van der Waals surface area contributed by atoms with Crippen molar-refractivity contribution in [1.82, 2.24) is 4.90 Å². The summed E-state index contributed by atoms with van der Waals surface area (Å²) in [6, 6.07) is 8.11. The van der Waals surface area contributed by atoms with Crippen molar-refractivity contribution in [3.63, 3.8) is 0 Å². The van der Waals surface area contributed by atoms with E-state index in [1.165, 1.54) is 5.56 Å². The van der Waals surface area contributed by atoms with Crippen molar-refractivity contribution >= 4 is 11.9 Å². The van der Waals surface area contributed by atoms with Crippen molar-refractivity contribution in [3.05, 3.63) is 35.4 Å². The van der Waals surface area contributed by atoms with Gasteiger partial charge in [0.2, 0.25) is 5.91 Å². The van der Waals surface area contributed by atoms with Crippen LogP contribution in [0.1, 0.15) is 36.5 Å². The molecule has 5 nitrogen and oxygen atoms in total. The van der Waals surface area contributed by atoms with Crippen molar-refractivity contribution in [2.45, 2.75) is 31.8 Å². The van der Waals surface area contributed by atoms with Crippen LogP contribution in [0.4, 0.5) is 0 Å². The fourth-order valence-electron chi connectivity index (χ4n) is 3.31. The van der Waals surface area contributed by atoms with Crippen LogP contribution in [0.3, 0.4) is 0 Å². The Kier molecular flexibility index (Phi) is 4.43. The molecular formula is C17H21NO4. The number of piperidine rings is 1. The van der Waals surface area contributed by atoms with Gasteiger partial charge in [-0.15, -0.1) is 0 Å². The molecule has 1 amide bonds. The Morgan fingerprint density at radius 1 is 1.23 bits per heavy atom. The van der Waals surface area contributed by atoms with Gasteiger partial charge in [0.25, 0.3) is 0 Å². The molecule has 0 saturated carbocycles. The number of rotatable bonds is 3. The number of benzene rings is 1. The number of fused-ring (bicyclic) bond motifs is 1. The van der Waals surface area contributed by atoms with Gasteiger partial charge in [-0.2, -0.15) is 0 Å². The Hall–Kier alpha value is -1.88. The van der Waals surface area contributed by atoms with Gasteiger partial charge >= 0.3 is 5.97 Å². The summed E-state index contributed by atoms with van der Waals surface area (Å²) in [6.45, 7) is 1.71. The molecular weight excluding hydrogens is 282 g/mol. The van der Waals surface area contributed by atoms with Crippen molar-refractivity contribution in [1.29, 1.82) is 0 Å². The van der Waals surface area contributed by atoms with Crippen LogP contribution < -0.4 is 0 Å². The molecule has 1 N–H and O–H groups in total. The number of carbonyl (C=O) groups is 2. The number of nitrogens with zero attached hydrogens (tertiary/aromatic N) is 1. The lowest BCUT2D eigenvalue weighted by Gasteiger charge is -2.32. The topological polar surface area (TPSA) is 66.8 Å². The van der Waals surface area contributed by atoms with Crippen molar-refractivity contribution in [2.24, 2.45) is 5.92 Å². The largest absolute Gasteiger partial charge is 0.481 e. The molecule has 1 atom stereocenters. The van der Waals surface area contributed by atoms with Crippen LogP contribution in [-0.2, 0) is 20.7 Å². The highest BCUT2D eigenvalue weighted by Crippen LogP contribution is 2.30. The molecule has 118 valence electrons. The molecule has 0 aliphatic carbocycles. The predicted octanol–water partition coefficient (Wildman–Crippen LogP) is 2.01. The monoisotopic (exact) mass is 303 g/mol. The molecule has 0 bridgehead atoms. The maximum atomic E-state index is 12.5. The molecule has 2 aliphatic rings. The number of hydrogen-bond donors (Lipinski definition) is 1. The van der Waals surface area contributed by atoms with Gasteiger partial charge in [0.15, 0.2) is 0 Å². The zero-order valence-corrected chi connectivity index (χ0v) is 12.5. The van der Waals surface area contributed by atoms with E-state index in [1.807, 2.05) is 18.2 Å². The second-order valence-electron chi connectivity index (χ2n) is 6.01. The van der Waals surface area contributed by atoms with Crippen LogP contribution in [0, 0.1) is 5.92 Å². The highest BCUT2D eigenvalue weighted by molar-refractivity contribution is 5.77. The fraction of sp³-hybridized carbons (Fsp3) is 0.529. The van der Waals surface area contributed by atoms with E-state index in [1.54, 1.807) is 4.90 Å². The summed E-state index contributed by atoms with van der Waals surface area (Å²) in [5.41, 5.74) is 2.37. The normalized spacial score (nSPS) is 22.2. The highest BCUT2D eigenvalue weighted by Gasteiger charge is 2.30. The fourth-order valence-corrected chi connectivity index (χ4v) is 3.31. The van der Waals surface area contributed by atoms with Crippen LogP contribution in [0.2, 0.25) is 0 Å². The number of amides is 1. The minimum Gasteiger partial charge on any atom is -0.481 e. The first kappa shape index (κ1) is 15.0. The van der Waals surface area contributed by atoms with E-state index in [0.717, 1.165) is 12.0 Å². The number of carbonyl (C=O) groups excluding carboxylic acids is 1. The van der Waals surface area contributed by atoms with Crippen LogP contribution >= 0.6 is 0 Å². The van der Waals surface area contributed by atoms with Crippen molar-refractivity contribution < 1.29 is 19.4 Å². The summed E-state index contributed by atoms with van der Waals surface area (Å²) >= 11 is 0. The molecule has 2 aliphatic heterocycles. The molecule has 0 spiro atoms. The third-order valence-electron chi connectivity index (χ3n) is 4.65. The number of carboxylic acid groups (broad SMARTS) is 1. The second kappa shape index (κ2) is 6.48. The quantitative estimate of drug-likeness (QED) is 0.927. The third-order valence-corrected chi connectivity index (χ3v) is 4.65. The van der Waals surface area contributed by atoms with Gasteiger partial charge < -0.3 is 14.7 Å². The van der Waals surface area contributed by atoms with Gasteiger partial charge in [0.05, 0.1) is 25.0 Å². The molecule has 1 fully saturated rings. The minimum atomic E-state index is -0.753. The van der Waals surface area contributed by atoms with Crippen LogP contribution in [-0.4, -0.2) is 41.6 Å². The molecule has 1 aromatic rings. The molecule has 5 heteroatoms. The molecule has 1 saturated heterocycles. The summed E-state index contributed by atoms with van der Waals surface area (Å²) in [5, 5.41) is 9.01. The molecule has 2 heterocycles. The van der Waals surface area contributed by atoms with E-state index in [0.29, 0.717) is 39.0 Å². The summed E-state index contributed by atoms with van der Waals surface area (Å²) in [7, 11) is 0. The summed E-state index contributed by atoms with van der Waals surface area (Å²) in [5.74, 6) is -1.00. The minimum absolute atomic E-state index is 0.0607. The molecule has 0 radical (unpaired) electrons. The van der Waals surface area contributed by atoms with Gasteiger partial charge in [-0.05, 0) is 30.4 Å². The summed E-state index contributed by atoms with van der Waals surface area (Å²) < 4.78 is 5.78. The Labute approximate surface area is 129 Å². The first-order valence-corrected chi connectivity index (χ1v) is 7.85. The molecule has 22 heavy (non-hydrogen) atoms.